The highest BCUT2D eigenvalue weighted by atomic mass is 16.4. The Bertz CT molecular complexity index is 486. The van der Waals surface area contributed by atoms with E-state index < -0.39 is 5.97 Å². The highest BCUT2D eigenvalue weighted by molar-refractivity contribution is 5.96. The molecule has 1 heterocycles. The average molecular weight is 263 g/mol. The zero-order valence-electron chi connectivity index (χ0n) is 10.6. The standard InChI is InChI=1S/C14H17NO4/c16-12-4-2-1-3-11(12)14(19)15-8-7-10(9-15)5-6-13(17)18/h1-4,10,16H,5-9H2,(H,17,18). The highest BCUT2D eigenvalue weighted by Crippen LogP contribution is 2.25. The number of nitrogens with zero attached hydrogens (tertiary/aromatic N) is 1. The summed E-state index contributed by atoms with van der Waals surface area (Å²) in [6.45, 7) is 1.19. The van der Waals surface area contributed by atoms with Gasteiger partial charge in [-0.1, -0.05) is 12.1 Å². The smallest absolute Gasteiger partial charge is 0.303 e. The first-order chi connectivity index (χ1) is 9.08. The molecule has 0 spiro atoms. The molecular weight excluding hydrogens is 246 g/mol. The number of carboxylic acid groups (broad SMARTS) is 1. The Hall–Kier alpha value is -2.04. The summed E-state index contributed by atoms with van der Waals surface area (Å²) in [6.07, 6.45) is 1.57. The van der Waals surface area contributed by atoms with Crippen LogP contribution in [-0.2, 0) is 4.79 Å². The van der Waals surface area contributed by atoms with E-state index in [0.29, 0.717) is 25.1 Å². The van der Waals surface area contributed by atoms with Gasteiger partial charge in [-0.2, -0.15) is 0 Å². The zero-order chi connectivity index (χ0) is 13.8. The van der Waals surface area contributed by atoms with Gasteiger partial charge in [0.05, 0.1) is 5.56 Å². The fourth-order valence-electron chi connectivity index (χ4n) is 2.41. The molecule has 102 valence electrons. The quantitative estimate of drug-likeness (QED) is 0.867. The van der Waals surface area contributed by atoms with Crippen molar-refractivity contribution < 1.29 is 19.8 Å². The molecule has 0 aliphatic carbocycles. The van der Waals surface area contributed by atoms with Gasteiger partial charge in [-0.15, -0.1) is 0 Å². The van der Waals surface area contributed by atoms with Gasteiger partial charge in [0.1, 0.15) is 5.75 Å². The summed E-state index contributed by atoms with van der Waals surface area (Å²) in [4.78, 5) is 24.4. The van der Waals surface area contributed by atoms with E-state index in [-0.39, 0.29) is 24.0 Å². The molecule has 19 heavy (non-hydrogen) atoms. The van der Waals surface area contributed by atoms with Crippen LogP contribution < -0.4 is 0 Å². The molecule has 1 aromatic carbocycles. The third-order valence-corrected chi connectivity index (χ3v) is 3.47. The van der Waals surface area contributed by atoms with E-state index in [4.69, 9.17) is 5.11 Å². The summed E-state index contributed by atoms with van der Waals surface area (Å²) in [5.74, 6) is -0.756. The van der Waals surface area contributed by atoms with Gasteiger partial charge in [0.25, 0.3) is 5.91 Å². The van der Waals surface area contributed by atoms with Gasteiger partial charge in [0, 0.05) is 19.5 Å². The molecule has 1 unspecified atom stereocenters. The first-order valence-corrected chi connectivity index (χ1v) is 6.37. The van der Waals surface area contributed by atoms with Gasteiger partial charge in [-0.05, 0) is 30.9 Å². The number of aromatic hydroxyl groups is 1. The van der Waals surface area contributed by atoms with Crippen LogP contribution in [0.1, 0.15) is 29.6 Å². The van der Waals surface area contributed by atoms with Crippen LogP contribution >= 0.6 is 0 Å². The van der Waals surface area contributed by atoms with E-state index in [9.17, 15) is 14.7 Å². The Kier molecular flexibility index (Phi) is 4.04. The minimum absolute atomic E-state index is 0.0125. The maximum absolute atomic E-state index is 12.2. The van der Waals surface area contributed by atoms with Crippen LogP contribution in [0.2, 0.25) is 0 Å². The lowest BCUT2D eigenvalue weighted by Gasteiger charge is -2.17. The molecule has 1 saturated heterocycles. The lowest BCUT2D eigenvalue weighted by Crippen LogP contribution is -2.28. The summed E-state index contributed by atoms with van der Waals surface area (Å²) in [7, 11) is 0. The molecule has 1 fully saturated rings. The molecule has 1 amide bonds. The van der Waals surface area contributed by atoms with Crippen molar-refractivity contribution in [3.05, 3.63) is 29.8 Å². The van der Waals surface area contributed by atoms with Gasteiger partial charge in [-0.25, -0.2) is 0 Å². The molecule has 5 nitrogen and oxygen atoms in total. The van der Waals surface area contributed by atoms with Crippen LogP contribution in [0.3, 0.4) is 0 Å². The van der Waals surface area contributed by atoms with Crippen LogP contribution in [0.4, 0.5) is 0 Å². The number of carbonyl (C=O) groups is 2. The molecule has 1 atom stereocenters. The highest BCUT2D eigenvalue weighted by Gasteiger charge is 2.28. The topological polar surface area (TPSA) is 77.8 Å². The van der Waals surface area contributed by atoms with Gasteiger partial charge in [-0.3, -0.25) is 9.59 Å². The third kappa shape index (κ3) is 3.24. The third-order valence-electron chi connectivity index (χ3n) is 3.47. The number of hydrogen-bond donors (Lipinski definition) is 2. The predicted octanol–water partition coefficient (Wildman–Crippen LogP) is 1.72. The van der Waals surface area contributed by atoms with E-state index in [2.05, 4.69) is 0 Å². The zero-order valence-corrected chi connectivity index (χ0v) is 10.6. The molecule has 0 saturated carbocycles. The Morgan fingerprint density at radius 1 is 1.32 bits per heavy atom. The summed E-state index contributed by atoms with van der Waals surface area (Å²) < 4.78 is 0. The molecule has 1 aliphatic rings. The lowest BCUT2D eigenvalue weighted by molar-refractivity contribution is -0.137. The fraction of sp³-hybridized carbons (Fsp3) is 0.429. The first kappa shape index (κ1) is 13.4. The van der Waals surface area contributed by atoms with Crippen molar-refractivity contribution in [2.75, 3.05) is 13.1 Å². The molecule has 1 aliphatic heterocycles. The number of carboxylic acids is 1. The molecule has 0 radical (unpaired) electrons. The number of hydrogen-bond acceptors (Lipinski definition) is 3. The second-order valence-electron chi connectivity index (χ2n) is 4.86. The molecule has 2 rings (SSSR count). The number of benzene rings is 1. The number of carbonyl (C=O) groups excluding carboxylic acids is 1. The molecule has 2 N–H and O–H groups in total. The maximum atomic E-state index is 12.2. The van der Waals surface area contributed by atoms with E-state index in [1.807, 2.05) is 0 Å². The molecule has 0 bridgehead atoms. The minimum atomic E-state index is -0.800. The minimum Gasteiger partial charge on any atom is -0.507 e. The van der Waals surface area contributed by atoms with Crippen molar-refractivity contribution in [3.63, 3.8) is 0 Å². The van der Waals surface area contributed by atoms with Crippen molar-refractivity contribution in [2.45, 2.75) is 19.3 Å². The Balaban J connectivity index is 1.95. The van der Waals surface area contributed by atoms with Gasteiger partial charge >= 0.3 is 5.97 Å². The number of likely N-dealkylation sites (tertiary alicyclic amines) is 1. The number of rotatable bonds is 4. The molecule has 0 aromatic heterocycles. The number of phenolic OH excluding ortho intramolecular Hbond substituents is 1. The number of aliphatic carboxylic acids is 1. The van der Waals surface area contributed by atoms with Crippen LogP contribution in [0.25, 0.3) is 0 Å². The van der Waals surface area contributed by atoms with Crippen LogP contribution in [-0.4, -0.2) is 40.1 Å². The second-order valence-corrected chi connectivity index (χ2v) is 4.86. The maximum Gasteiger partial charge on any atom is 0.303 e. The molecule has 1 aromatic rings. The number of amides is 1. The van der Waals surface area contributed by atoms with Crippen molar-refractivity contribution in [1.82, 2.24) is 4.90 Å². The average Bonchev–Trinajstić information content (AvgIpc) is 2.85. The predicted molar refractivity (Wildman–Crippen MR) is 69.0 cm³/mol. The van der Waals surface area contributed by atoms with Crippen LogP contribution in [0.15, 0.2) is 24.3 Å². The summed E-state index contributed by atoms with van der Waals surface area (Å²) in [5, 5.41) is 18.3. The second kappa shape index (κ2) is 5.73. The van der Waals surface area contributed by atoms with E-state index in [0.717, 1.165) is 6.42 Å². The molecule has 5 heteroatoms. The van der Waals surface area contributed by atoms with Gasteiger partial charge < -0.3 is 15.1 Å². The first-order valence-electron chi connectivity index (χ1n) is 6.37. The fourth-order valence-corrected chi connectivity index (χ4v) is 2.41. The van der Waals surface area contributed by atoms with Crippen molar-refractivity contribution in [1.29, 1.82) is 0 Å². The Morgan fingerprint density at radius 3 is 2.74 bits per heavy atom. The SMILES string of the molecule is O=C(O)CCC1CCN(C(=O)c2ccccc2O)C1. The van der Waals surface area contributed by atoms with Crippen molar-refractivity contribution >= 4 is 11.9 Å². The van der Waals surface area contributed by atoms with Gasteiger partial charge in [0.15, 0.2) is 0 Å². The van der Waals surface area contributed by atoms with E-state index in [1.165, 1.54) is 6.07 Å². The van der Waals surface area contributed by atoms with Crippen molar-refractivity contribution in [3.8, 4) is 5.75 Å². The van der Waals surface area contributed by atoms with E-state index in [1.54, 1.807) is 23.1 Å². The lowest BCUT2D eigenvalue weighted by atomic mass is 10.0. The number of para-hydroxylation sites is 1. The monoisotopic (exact) mass is 263 g/mol. The summed E-state index contributed by atoms with van der Waals surface area (Å²) in [5.41, 5.74) is 0.307. The largest absolute Gasteiger partial charge is 0.507 e. The summed E-state index contributed by atoms with van der Waals surface area (Å²) in [6, 6.07) is 6.48. The Labute approximate surface area is 111 Å². The number of phenols is 1. The van der Waals surface area contributed by atoms with Crippen LogP contribution in [0.5, 0.6) is 5.75 Å². The normalized spacial score (nSPS) is 18.5. The van der Waals surface area contributed by atoms with Crippen LogP contribution in [0, 0.1) is 5.92 Å². The van der Waals surface area contributed by atoms with Gasteiger partial charge in [0.2, 0.25) is 0 Å². The Morgan fingerprint density at radius 2 is 2.05 bits per heavy atom. The van der Waals surface area contributed by atoms with E-state index >= 15 is 0 Å². The molecular formula is C14H17NO4. The van der Waals surface area contributed by atoms with Crippen molar-refractivity contribution in [2.24, 2.45) is 5.92 Å². The summed E-state index contributed by atoms with van der Waals surface area (Å²) >= 11 is 0.